The minimum absolute atomic E-state index is 0.250. The molecule has 0 saturated carbocycles. The zero-order valence-corrected chi connectivity index (χ0v) is 9.25. The molecule has 0 spiro atoms. The van der Waals surface area contributed by atoms with E-state index in [1.807, 2.05) is 6.92 Å². The second-order valence-electron chi connectivity index (χ2n) is 2.88. The second kappa shape index (κ2) is 7.39. The molecule has 16 heavy (non-hydrogen) atoms. The summed E-state index contributed by atoms with van der Waals surface area (Å²) >= 11 is 0. The van der Waals surface area contributed by atoms with Gasteiger partial charge in [0.15, 0.2) is 0 Å². The van der Waals surface area contributed by atoms with E-state index in [2.05, 4.69) is 5.32 Å². The van der Waals surface area contributed by atoms with Crippen LogP contribution in [0, 0.1) is 11.2 Å². The quantitative estimate of drug-likeness (QED) is 0.547. The molecule has 0 aliphatic rings. The van der Waals surface area contributed by atoms with Gasteiger partial charge < -0.3 is 15.8 Å². The zero-order chi connectivity index (χ0) is 12.6. The average molecular weight is 226 g/mol. The molecule has 1 aromatic carbocycles. The number of hydrogen-bond acceptors (Lipinski definition) is 3. The predicted molar refractivity (Wildman–Crippen MR) is 61.8 cm³/mol. The molecule has 88 valence electrons. The van der Waals surface area contributed by atoms with Crippen LogP contribution in [0.1, 0.15) is 18.9 Å². The fourth-order valence-corrected chi connectivity index (χ4v) is 1.18. The molecule has 1 rings (SSSR count). The highest BCUT2D eigenvalue weighted by atomic mass is 19.1. The first-order valence-electron chi connectivity index (χ1n) is 4.73. The summed E-state index contributed by atoms with van der Waals surface area (Å²) < 4.78 is 12.8. The maximum atomic E-state index is 12.8. The zero-order valence-electron chi connectivity index (χ0n) is 9.25. The van der Waals surface area contributed by atoms with Gasteiger partial charge >= 0.3 is 0 Å². The summed E-state index contributed by atoms with van der Waals surface area (Å²) in [5.41, 5.74) is 1.96. The second-order valence-corrected chi connectivity index (χ2v) is 2.88. The number of carbonyl (C=O) groups is 1. The molecule has 3 N–H and O–H groups in total. The van der Waals surface area contributed by atoms with E-state index in [9.17, 15) is 4.39 Å². The van der Waals surface area contributed by atoms with Gasteiger partial charge in [-0.3, -0.25) is 4.79 Å². The lowest BCUT2D eigenvalue weighted by Crippen LogP contribution is -2.02. The first-order valence-corrected chi connectivity index (χ1v) is 4.73. The van der Waals surface area contributed by atoms with Crippen LogP contribution in [-0.2, 0) is 4.79 Å². The first kappa shape index (κ1) is 14.1. The molecule has 0 bridgehead atoms. The van der Waals surface area contributed by atoms with Crippen molar-refractivity contribution in [2.75, 3.05) is 12.4 Å². The Morgan fingerprint density at radius 1 is 1.62 bits per heavy atom. The van der Waals surface area contributed by atoms with Crippen molar-refractivity contribution >= 4 is 17.9 Å². The predicted octanol–water partition coefficient (Wildman–Crippen LogP) is 2.35. The summed E-state index contributed by atoms with van der Waals surface area (Å²) in [5, 5.41) is 17.4. The van der Waals surface area contributed by atoms with E-state index in [-0.39, 0.29) is 12.3 Å². The summed E-state index contributed by atoms with van der Waals surface area (Å²) in [6.45, 7) is 1.66. The molecule has 0 fully saturated rings. The molecular weight excluding hydrogens is 211 g/mol. The van der Waals surface area contributed by atoms with Crippen LogP contribution in [-0.4, -0.2) is 24.3 Å². The molecule has 0 atom stereocenters. The van der Waals surface area contributed by atoms with Crippen molar-refractivity contribution in [3.8, 4) is 0 Å². The van der Waals surface area contributed by atoms with Crippen molar-refractivity contribution in [1.29, 1.82) is 5.41 Å². The van der Waals surface area contributed by atoms with E-state index in [0.717, 1.165) is 5.56 Å². The molecule has 0 amide bonds. The van der Waals surface area contributed by atoms with Crippen molar-refractivity contribution in [2.24, 2.45) is 0 Å². The van der Waals surface area contributed by atoms with Crippen LogP contribution in [0.3, 0.4) is 0 Å². The molecule has 0 saturated heterocycles. The van der Waals surface area contributed by atoms with E-state index >= 15 is 0 Å². The fraction of sp³-hybridized carbons (Fsp3) is 0.273. The van der Waals surface area contributed by atoms with Gasteiger partial charge in [-0.1, -0.05) is 6.92 Å². The van der Waals surface area contributed by atoms with Crippen LogP contribution >= 0.6 is 0 Å². The molecule has 0 aliphatic heterocycles. The van der Waals surface area contributed by atoms with Crippen LogP contribution in [0.25, 0.3) is 0 Å². The Hall–Kier alpha value is -1.91. The third-order valence-corrected chi connectivity index (χ3v) is 1.93. The topological polar surface area (TPSA) is 73.2 Å². The van der Waals surface area contributed by atoms with Gasteiger partial charge in [-0.25, -0.2) is 4.39 Å². The number of halogens is 1. The fourth-order valence-electron chi connectivity index (χ4n) is 1.18. The van der Waals surface area contributed by atoms with Crippen molar-refractivity contribution < 1.29 is 14.3 Å². The average Bonchev–Trinajstić information content (AvgIpc) is 2.29. The highest BCUT2D eigenvalue weighted by Crippen LogP contribution is 2.17. The number of benzene rings is 1. The van der Waals surface area contributed by atoms with Crippen molar-refractivity contribution in [1.82, 2.24) is 0 Å². The third-order valence-electron chi connectivity index (χ3n) is 1.93. The molecule has 4 nitrogen and oxygen atoms in total. The number of anilines is 1. The standard InChI is InChI=1S/C10H13FN2.CH2O2/c1-3-9(12)8-5-4-7(11)6-10(8)13-2;2-1-3/h4-6,12-13H,3H2,1-2H3;1H,(H,2,3). The van der Waals surface area contributed by atoms with E-state index in [1.54, 1.807) is 13.1 Å². The number of hydrogen-bond donors (Lipinski definition) is 3. The van der Waals surface area contributed by atoms with E-state index < -0.39 is 0 Å². The smallest absolute Gasteiger partial charge is 0.290 e. The lowest BCUT2D eigenvalue weighted by molar-refractivity contribution is -0.122. The maximum Gasteiger partial charge on any atom is 0.290 e. The highest BCUT2D eigenvalue weighted by molar-refractivity contribution is 6.02. The Labute approximate surface area is 93.6 Å². The van der Waals surface area contributed by atoms with Crippen molar-refractivity contribution in [2.45, 2.75) is 13.3 Å². The number of carboxylic acid groups (broad SMARTS) is 1. The Kier molecular flexibility index (Phi) is 6.51. The monoisotopic (exact) mass is 226 g/mol. The lowest BCUT2D eigenvalue weighted by Gasteiger charge is -2.08. The third kappa shape index (κ3) is 4.08. The van der Waals surface area contributed by atoms with Crippen LogP contribution in [0.4, 0.5) is 10.1 Å². The summed E-state index contributed by atoms with van der Waals surface area (Å²) in [5.74, 6) is -0.281. The van der Waals surface area contributed by atoms with Gasteiger partial charge in [-0.05, 0) is 24.6 Å². The molecule has 0 radical (unpaired) electrons. The Morgan fingerprint density at radius 3 is 2.62 bits per heavy atom. The van der Waals surface area contributed by atoms with Crippen molar-refractivity contribution in [3.63, 3.8) is 0 Å². The van der Waals surface area contributed by atoms with Gasteiger partial charge in [-0.15, -0.1) is 0 Å². The Bertz CT molecular complexity index is 367. The lowest BCUT2D eigenvalue weighted by atomic mass is 10.1. The van der Waals surface area contributed by atoms with E-state index in [4.69, 9.17) is 15.3 Å². The maximum absolute atomic E-state index is 12.8. The molecule has 0 heterocycles. The van der Waals surface area contributed by atoms with Gasteiger partial charge in [0.1, 0.15) is 5.82 Å². The highest BCUT2D eigenvalue weighted by Gasteiger charge is 2.05. The number of nitrogens with one attached hydrogen (secondary N) is 2. The van der Waals surface area contributed by atoms with Gasteiger partial charge in [0.25, 0.3) is 6.47 Å². The van der Waals surface area contributed by atoms with Crippen LogP contribution in [0.15, 0.2) is 18.2 Å². The summed E-state index contributed by atoms with van der Waals surface area (Å²) in [7, 11) is 1.72. The largest absolute Gasteiger partial charge is 0.483 e. The van der Waals surface area contributed by atoms with Gasteiger partial charge in [0, 0.05) is 24.0 Å². The molecule has 5 heteroatoms. The normalized spacial score (nSPS) is 8.69. The summed E-state index contributed by atoms with van der Waals surface area (Å²) in [6.07, 6.45) is 0.653. The molecule has 0 unspecified atom stereocenters. The SMILES string of the molecule is CCC(=N)c1ccc(F)cc1NC.O=CO. The Balaban J connectivity index is 0.000000673. The van der Waals surface area contributed by atoms with E-state index in [0.29, 0.717) is 17.8 Å². The first-order chi connectivity index (χ1) is 7.60. The van der Waals surface area contributed by atoms with Crippen molar-refractivity contribution in [3.05, 3.63) is 29.6 Å². The minimum atomic E-state index is -0.281. The van der Waals surface area contributed by atoms with E-state index in [1.165, 1.54) is 12.1 Å². The van der Waals surface area contributed by atoms with Gasteiger partial charge in [0.2, 0.25) is 0 Å². The van der Waals surface area contributed by atoms with Crippen LogP contribution in [0.2, 0.25) is 0 Å². The Morgan fingerprint density at radius 2 is 2.19 bits per heavy atom. The van der Waals surface area contributed by atoms with Crippen LogP contribution in [0.5, 0.6) is 0 Å². The molecular formula is C11H15FN2O2. The molecule has 0 aromatic heterocycles. The summed E-state index contributed by atoms with van der Waals surface area (Å²) in [4.78, 5) is 8.36. The number of rotatable bonds is 3. The minimum Gasteiger partial charge on any atom is -0.483 e. The van der Waals surface area contributed by atoms with Gasteiger partial charge in [0.05, 0.1) is 0 Å². The molecule has 0 aliphatic carbocycles. The molecule has 1 aromatic rings. The summed E-state index contributed by atoms with van der Waals surface area (Å²) in [6, 6.07) is 4.41. The van der Waals surface area contributed by atoms with Crippen LogP contribution < -0.4 is 5.32 Å². The van der Waals surface area contributed by atoms with Gasteiger partial charge in [-0.2, -0.15) is 0 Å².